The van der Waals surface area contributed by atoms with Crippen molar-refractivity contribution in [3.05, 3.63) is 80.6 Å². The number of nitrogens with zero attached hydrogens (tertiary/aromatic N) is 2. The van der Waals surface area contributed by atoms with Gasteiger partial charge < -0.3 is 19.6 Å². The van der Waals surface area contributed by atoms with E-state index in [0.29, 0.717) is 10.7 Å². The molecule has 4 aromatic rings. The predicted molar refractivity (Wildman–Crippen MR) is 112 cm³/mol. The number of hydrogen-bond donors (Lipinski definition) is 2. The second kappa shape index (κ2) is 7.77. The Balaban J connectivity index is 1.79. The zero-order valence-corrected chi connectivity index (χ0v) is 16.7. The zero-order valence-electron chi connectivity index (χ0n) is 15.2. The lowest BCUT2D eigenvalue weighted by Gasteiger charge is -2.16. The molecule has 2 aromatic carbocycles. The Morgan fingerprint density at radius 3 is 2.83 bits per heavy atom. The minimum Gasteiger partial charge on any atom is -0.490 e. The number of methoxy groups -OCH3 is 1. The van der Waals surface area contributed by atoms with Gasteiger partial charge in [0.05, 0.1) is 30.6 Å². The maximum absolute atomic E-state index is 13.5. The standard InChI is InChI=1S/C20H15Cl2FN4O2/c1-29-18-10-27(9-11-2-3-15(23)14(22)6-11)20(26-19(18)28)25-17-8-12(21)7-16-13(17)4-5-24-16/h2-8,10,24H,9H2,1H3,(H,25,26,28). The highest BCUT2D eigenvalue weighted by molar-refractivity contribution is 6.32. The first-order valence-corrected chi connectivity index (χ1v) is 9.33. The molecule has 0 saturated heterocycles. The summed E-state index contributed by atoms with van der Waals surface area (Å²) in [6, 6.07) is 9.86. The molecular weight excluding hydrogens is 418 g/mol. The number of rotatable bonds is 5. The molecule has 0 aliphatic heterocycles. The van der Waals surface area contributed by atoms with Crippen molar-refractivity contribution in [3.63, 3.8) is 0 Å². The third-order valence-electron chi connectivity index (χ3n) is 4.40. The van der Waals surface area contributed by atoms with E-state index in [-0.39, 0.29) is 23.3 Å². The van der Waals surface area contributed by atoms with E-state index >= 15 is 0 Å². The van der Waals surface area contributed by atoms with E-state index in [1.807, 2.05) is 6.07 Å². The molecule has 0 bridgehead atoms. The van der Waals surface area contributed by atoms with Crippen molar-refractivity contribution in [2.45, 2.75) is 6.54 Å². The van der Waals surface area contributed by atoms with Crippen molar-refractivity contribution >= 4 is 45.7 Å². The molecule has 2 N–H and O–H groups in total. The molecule has 2 heterocycles. The van der Waals surface area contributed by atoms with Crippen LogP contribution in [0.15, 0.2) is 53.6 Å². The van der Waals surface area contributed by atoms with Crippen LogP contribution < -0.4 is 15.6 Å². The van der Waals surface area contributed by atoms with Crippen LogP contribution >= 0.6 is 23.2 Å². The summed E-state index contributed by atoms with van der Waals surface area (Å²) in [6.45, 7) is 0.281. The first-order valence-electron chi connectivity index (χ1n) is 8.57. The van der Waals surface area contributed by atoms with Gasteiger partial charge in [-0.25, -0.2) is 4.39 Å². The Bertz CT molecular complexity index is 1270. The Morgan fingerprint density at radius 1 is 1.24 bits per heavy atom. The van der Waals surface area contributed by atoms with E-state index in [1.165, 1.54) is 25.4 Å². The molecule has 0 unspecified atom stereocenters. The van der Waals surface area contributed by atoms with E-state index in [2.05, 4.69) is 15.3 Å². The van der Waals surface area contributed by atoms with Crippen LogP contribution in [-0.4, -0.2) is 21.6 Å². The first-order chi connectivity index (χ1) is 13.9. The smallest absolute Gasteiger partial charge is 0.316 e. The lowest BCUT2D eigenvalue weighted by Crippen LogP contribution is -2.18. The summed E-state index contributed by atoms with van der Waals surface area (Å²) >= 11 is 12.1. The molecule has 2 aromatic heterocycles. The number of aromatic amines is 1. The quantitative estimate of drug-likeness (QED) is 0.466. The van der Waals surface area contributed by atoms with Crippen molar-refractivity contribution < 1.29 is 9.13 Å². The summed E-state index contributed by atoms with van der Waals surface area (Å²) < 4.78 is 20.3. The van der Waals surface area contributed by atoms with Crippen molar-refractivity contribution in [2.75, 3.05) is 12.4 Å². The van der Waals surface area contributed by atoms with Gasteiger partial charge in [-0.1, -0.05) is 29.3 Å². The lowest BCUT2D eigenvalue weighted by molar-refractivity contribution is 0.402. The van der Waals surface area contributed by atoms with E-state index in [1.54, 1.807) is 29.0 Å². The average molecular weight is 433 g/mol. The molecule has 0 fully saturated rings. The molecule has 0 radical (unpaired) electrons. The van der Waals surface area contributed by atoms with E-state index < -0.39 is 11.4 Å². The highest BCUT2D eigenvalue weighted by atomic mass is 35.5. The fraction of sp³-hybridized carbons (Fsp3) is 0.100. The molecule has 0 amide bonds. The predicted octanol–water partition coefficient (Wildman–Crippen LogP) is 4.97. The molecule has 0 atom stereocenters. The molecule has 0 aliphatic carbocycles. The van der Waals surface area contributed by atoms with Crippen LogP contribution in [0.3, 0.4) is 0 Å². The van der Waals surface area contributed by atoms with Gasteiger partial charge in [-0.15, -0.1) is 0 Å². The summed E-state index contributed by atoms with van der Waals surface area (Å²) in [4.78, 5) is 19.5. The minimum absolute atomic E-state index is 0.0156. The minimum atomic E-state index is -0.518. The van der Waals surface area contributed by atoms with Crippen molar-refractivity contribution in [1.29, 1.82) is 0 Å². The molecule has 6 nitrogen and oxygen atoms in total. The third-order valence-corrected chi connectivity index (χ3v) is 4.91. The van der Waals surface area contributed by atoms with Crippen molar-refractivity contribution in [2.24, 2.45) is 0 Å². The maximum Gasteiger partial charge on any atom is 0.316 e. The molecule has 0 saturated carbocycles. The number of ether oxygens (including phenoxy) is 1. The normalized spacial score (nSPS) is 11.0. The second-order valence-corrected chi connectivity index (χ2v) is 7.18. The van der Waals surface area contributed by atoms with Gasteiger partial charge in [-0.3, -0.25) is 4.79 Å². The molecule has 148 valence electrons. The highest BCUT2D eigenvalue weighted by Crippen LogP contribution is 2.29. The number of nitrogens with one attached hydrogen (secondary N) is 2. The maximum atomic E-state index is 13.5. The number of fused-ring (bicyclic) bond motifs is 1. The van der Waals surface area contributed by atoms with Gasteiger partial charge in [0.1, 0.15) is 5.82 Å². The number of hydrogen-bond acceptors (Lipinski definition) is 4. The van der Waals surface area contributed by atoms with Gasteiger partial charge in [-0.2, -0.15) is 4.98 Å². The molecule has 9 heteroatoms. The Kier molecular flexibility index (Phi) is 5.17. The molecule has 4 rings (SSSR count). The van der Waals surface area contributed by atoms with Crippen LogP contribution in [0.1, 0.15) is 5.56 Å². The van der Waals surface area contributed by atoms with Crippen LogP contribution in [0, 0.1) is 5.82 Å². The average Bonchev–Trinajstić information content (AvgIpc) is 3.15. The van der Waals surface area contributed by atoms with E-state index in [4.69, 9.17) is 27.9 Å². The molecule has 0 aliphatic rings. The first kappa shape index (κ1) is 19.3. The largest absolute Gasteiger partial charge is 0.490 e. The van der Waals surface area contributed by atoms with Crippen LogP contribution in [0.5, 0.6) is 5.75 Å². The molecule has 0 spiro atoms. The van der Waals surface area contributed by atoms with E-state index in [0.717, 1.165) is 16.5 Å². The van der Waals surface area contributed by atoms with Gasteiger partial charge in [0.25, 0.3) is 0 Å². The van der Waals surface area contributed by atoms with Gasteiger partial charge >= 0.3 is 5.56 Å². The number of H-pyrrole nitrogens is 1. The Labute approximate surface area is 174 Å². The van der Waals surface area contributed by atoms with Gasteiger partial charge in [0.2, 0.25) is 11.7 Å². The summed E-state index contributed by atoms with van der Waals surface area (Å²) in [6.07, 6.45) is 3.33. The summed E-state index contributed by atoms with van der Waals surface area (Å²) in [7, 11) is 1.39. The zero-order chi connectivity index (χ0) is 20.5. The van der Waals surface area contributed by atoms with Crippen LogP contribution in [0.25, 0.3) is 10.9 Å². The number of aromatic nitrogens is 3. The van der Waals surface area contributed by atoms with Crippen molar-refractivity contribution in [3.8, 4) is 5.75 Å². The van der Waals surface area contributed by atoms with Crippen molar-refractivity contribution in [1.82, 2.24) is 14.5 Å². The number of halogens is 3. The number of anilines is 2. The monoisotopic (exact) mass is 432 g/mol. The fourth-order valence-electron chi connectivity index (χ4n) is 3.02. The highest BCUT2D eigenvalue weighted by Gasteiger charge is 2.13. The topological polar surface area (TPSA) is 71.9 Å². The van der Waals surface area contributed by atoms with Crippen LogP contribution in [-0.2, 0) is 6.54 Å². The van der Waals surface area contributed by atoms with Crippen LogP contribution in [0.4, 0.5) is 16.0 Å². The van der Waals surface area contributed by atoms with Crippen LogP contribution in [0.2, 0.25) is 10.0 Å². The fourth-order valence-corrected chi connectivity index (χ4v) is 3.45. The van der Waals surface area contributed by atoms with Gasteiger partial charge in [0.15, 0.2) is 0 Å². The lowest BCUT2D eigenvalue weighted by atomic mass is 10.2. The number of benzene rings is 2. The SMILES string of the molecule is COc1cn(Cc2ccc(F)c(Cl)c2)c(Nc2cc(Cl)cc3[nH]ccc23)nc1=O. The van der Waals surface area contributed by atoms with Gasteiger partial charge in [0, 0.05) is 22.1 Å². The molecular formula is C20H15Cl2FN4O2. The van der Waals surface area contributed by atoms with Gasteiger partial charge in [-0.05, 0) is 35.9 Å². The Hall–Kier alpha value is -3.03. The second-order valence-electron chi connectivity index (χ2n) is 6.33. The summed E-state index contributed by atoms with van der Waals surface area (Å²) in [5, 5.41) is 4.59. The third kappa shape index (κ3) is 3.92. The molecule has 29 heavy (non-hydrogen) atoms. The summed E-state index contributed by atoms with van der Waals surface area (Å²) in [5.74, 6) is -0.138. The van der Waals surface area contributed by atoms with E-state index in [9.17, 15) is 9.18 Å². The Morgan fingerprint density at radius 2 is 2.07 bits per heavy atom. The summed E-state index contributed by atoms with van der Waals surface area (Å²) in [5.41, 5.74) is 1.73.